The van der Waals surface area contributed by atoms with Crippen LogP contribution in [0.25, 0.3) is 0 Å². The van der Waals surface area contributed by atoms with Gasteiger partial charge in [0.05, 0.1) is 16.4 Å². The first-order chi connectivity index (χ1) is 9.78. The highest BCUT2D eigenvalue weighted by atomic mass is 32.1. The molecule has 2 heterocycles. The number of hydrogen-bond donors (Lipinski definition) is 2. The molecular formula is C13H19N3O4S. The Balaban J connectivity index is 2.31. The molecule has 0 saturated carbocycles. The van der Waals surface area contributed by atoms with Crippen LogP contribution in [0.1, 0.15) is 31.2 Å². The summed E-state index contributed by atoms with van der Waals surface area (Å²) in [6.07, 6.45) is -0.0958. The second-order valence-corrected chi connectivity index (χ2v) is 6.65. The van der Waals surface area contributed by atoms with Gasteiger partial charge in [0.25, 0.3) is 0 Å². The van der Waals surface area contributed by atoms with E-state index in [1.165, 1.54) is 17.4 Å². The van der Waals surface area contributed by atoms with Crippen LogP contribution in [0.5, 0.6) is 0 Å². The van der Waals surface area contributed by atoms with Gasteiger partial charge in [-0.25, -0.2) is 0 Å². The number of carbonyl (C=O) groups excluding carboxylic acids is 1. The van der Waals surface area contributed by atoms with Crippen LogP contribution in [-0.2, 0) is 4.79 Å². The normalized spacial score (nSPS) is 23.1. The molecule has 1 fully saturated rings. The van der Waals surface area contributed by atoms with Crippen molar-refractivity contribution in [3.05, 3.63) is 21.1 Å². The van der Waals surface area contributed by atoms with E-state index in [1.54, 1.807) is 14.0 Å². The van der Waals surface area contributed by atoms with Crippen molar-refractivity contribution in [3.8, 4) is 0 Å². The van der Waals surface area contributed by atoms with E-state index >= 15 is 0 Å². The van der Waals surface area contributed by atoms with Gasteiger partial charge in [-0.2, -0.15) is 0 Å². The SMILES string of the molecule is CNC(=O)C1(C)CCN(c2sc(C(C)O)cc2[N+](=O)[O-])C1. The predicted molar refractivity (Wildman–Crippen MR) is 80.6 cm³/mol. The second kappa shape index (κ2) is 5.61. The van der Waals surface area contributed by atoms with E-state index in [4.69, 9.17) is 0 Å². The molecule has 1 saturated heterocycles. The molecule has 1 aromatic rings. The number of aliphatic hydroxyl groups excluding tert-OH is 1. The highest BCUT2D eigenvalue weighted by molar-refractivity contribution is 7.16. The zero-order chi connectivity index (χ0) is 15.8. The minimum Gasteiger partial charge on any atom is -0.388 e. The highest BCUT2D eigenvalue weighted by Gasteiger charge is 2.42. The molecule has 0 aromatic carbocycles. The maximum absolute atomic E-state index is 11.9. The van der Waals surface area contributed by atoms with E-state index < -0.39 is 16.4 Å². The van der Waals surface area contributed by atoms with Crippen molar-refractivity contribution in [1.29, 1.82) is 0 Å². The van der Waals surface area contributed by atoms with E-state index in [9.17, 15) is 20.0 Å². The molecule has 21 heavy (non-hydrogen) atoms. The van der Waals surface area contributed by atoms with Crippen LogP contribution in [-0.4, -0.2) is 36.1 Å². The Labute approximate surface area is 126 Å². The number of amides is 1. The predicted octanol–water partition coefficient (Wildman–Crippen LogP) is 1.67. The Kier molecular flexibility index (Phi) is 4.20. The summed E-state index contributed by atoms with van der Waals surface area (Å²) in [6, 6.07) is 1.42. The maximum Gasteiger partial charge on any atom is 0.304 e. The van der Waals surface area contributed by atoms with Crippen molar-refractivity contribution in [2.24, 2.45) is 5.41 Å². The van der Waals surface area contributed by atoms with Gasteiger partial charge >= 0.3 is 5.69 Å². The third-order valence-corrected chi connectivity index (χ3v) is 5.21. The summed E-state index contributed by atoms with van der Waals surface area (Å²) in [7, 11) is 1.59. The Morgan fingerprint density at radius 1 is 1.67 bits per heavy atom. The summed E-state index contributed by atoms with van der Waals surface area (Å²) in [5.74, 6) is -0.0556. The van der Waals surface area contributed by atoms with Gasteiger partial charge in [0.2, 0.25) is 5.91 Å². The Bertz CT molecular complexity index is 572. The largest absolute Gasteiger partial charge is 0.388 e. The molecule has 2 unspecified atom stereocenters. The van der Waals surface area contributed by atoms with Gasteiger partial charge in [-0.15, -0.1) is 11.3 Å². The molecule has 2 rings (SSSR count). The van der Waals surface area contributed by atoms with Crippen LogP contribution in [0, 0.1) is 15.5 Å². The summed E-state index contributed by atoms with van der Waals surface area (Å²) in [5, 5.41) is 24.0. The first-order valence-corrected chi connectivity index (χ1v) is 7.53. The Morgan fingerprint density at radius 2 is 2.33 bits per heavy atom. The summed E-state index contributed by atoms with van der Waals surface area (Å²) < 4.78 is 0. The monoisotopic (exact) mass is 313 g/mol. The summed E-state index contributed by atoms with van der Waals surface area (Å²) >= 11 is 1.22. The molecule has 116 valence electrons. The minimum atomic E-state index is -0.740. The van der Waals surface area contributed by atoms with Crippen LogP contribution >= 0.6 is 11.3 Å². The molecule has 7 nitrogen and oxygen atoms in total. The van der Waals surface area contributed by atoms with Crippen LogP contribution in [0.4, 0.5) is 10.7 Å². The van der Waals surface area contributed by atoms with Crippen LogP contribution in [0.2, 0.25) is 0 Å². The second-order valence-electron chi connectivity index (χ2n) is 5.58. The third kappa shape index (κ3) is 2.86. The molecule has 0 spiro atoms. The smallest absolute Gasteiger partial charge is 0.304 e. The number of nitro groups is 1. The summed E-state index contributed by atoms with van der Waals surface area (Å²) in [4.78, 5) is 25.1. The van der Waals surface area contributed by atoms with Gasteiger partial charge in [0, 0.05) is 31.1 Å². The number of thiophene rings is 1. The van der Waals surface area contributed by atoms with E-state index in [2.05, 4.69) is 5.32 Å². The van der Waals surface area contributed by atoms with Crippen LogP contribution < -0.4 is 10.2 Å². The standard InChI is InChI=1S/C13H19N3O4S/c1-8(17)10-6-9(16(19)20)11(21-10)15-5-4-13(2,7-15)12(18)14-3/h6,8,17H,4-5,7H2,1-3H3,(H,14,18). The molecule has 0 aliphatic carbocycles. The van der Waals surface area contributed by atoms with E-state index in [1.807, 2.05) is 11.8 Å². The van der Waals surface area contributed by atoms with Crippen LogP contribution in [0.3, 0.4) is 0 Å². The van der Waals surface area contributed by atoms with Crippen molar-refractivity contribution >= 4 is 27.9 Å². The summed E-state index contributed by atoms with van der Waals surface area (Å²) in [6.45, 7) is 4.47. The number of hydrogen-bond acceptors (Lipinski definition) is 6. The lowest BCUT2D eigenvalue weighted by molar-refractivity contribution is -0.383. The molecule has 2 atom stereocenters. The van der Waals surface area contributed by atoms with Gasteiger partial charge in [-0.05, 0) is 20.3 Å². The topological polar surface area (TPSA) is 95.7 Å². The molecular weight excluding hydrogens is 294 g/mol. The zero-order valence-corrected chi connectivity index (χ0v) is 13.1. The number of aliphatic hydroxyl groups is 1. The van der Waals surface area contributed by atoms with Gasteiger partial charge in [-0.1, -0.05) is 0 Å². The first-order valence-electron chi connectivity index (χ1n) is 6.72. The zero-order valence-electron chi connectivity index (χ0n) is 12.3. The molecule has 0 bridgehead atoms. The van der Waals surface area contributed by atoms with E-state index in [0.717, 1.165) is 0 Å². The molecule has 2 N–H and O–H groups in total. The lowest BCUT2D eigenvalue weighted by Gasteiger charge is -2.22. The van der Waals surface area contributed by atoms with Crippen molar-refractivity contribution in [2.75, 3.05) is 25.0 Å². The molecule has 0 radical (unpaired) electrons. The van der Waals surface area contributed by atoms with E-state index in [-0.39, 0.29) is 11.6 Å². The third-order valence-electron chi connectivity index (χ3n) is 3.86. The van der Waals surface area contributed by atoms with Crippen molar-refractivity contribution in [3.63, 3.8) is 0 Å². The molecule has 1 aliphatic heterocycles. The quantitative estimate of drug-likeness (QED) is 0.651. The van der Waals surface area contributed by atoms with Gasteiger partial charge in [0.15, 0.2) is 5.00 Å². The summed E-state index contributed by atoms with van der Waals surface area (Å²) in [5.41, 5.74) is -0.547. The number of nitrogens with zero attached hydrogens (tertiary/aromatic N) is 2. The van der Waals surface area contributed by atoms with Gasteiger partial charge in [-0.3, -0.25) is 14.9 Å². The fourth-order valence-corrected chi connectivity index (χ4v) is 3.66. The number of anilines is 1. The van der Waals surface area contributed by atoms with Crippen molar-refractivity contribution in [2.45, 2.75) is 26.4 Å². The maximum atomic E-state index is 11.9. The number of carbonyl (C=O) groups is 1. The molecule has 1 aromatic heterocycles. The van der Waals surface area contributed by atoms with Crippen molar-refractivity contribution in [1.82, 2.24) is 5.32 Å². The molecule has 8 heteroatoms. The van der Waals surface area contributed by atoms with Gasteiger partial charge in [0.1, 0.15) is 0 Å². The molecule has 1 amide bonds. The fraction of sp³-hybridized carbons (Fsp3) is 0.615. The lowest BCUT2D eigenvalue weighted by Crippen LogP contribution is -2.39. The highest BCUT2D eigenvalue weighted by Crippen LogP contribution is 2.44. The number of rotatable bonds is 4. The van der Waals surface area contributed by atoms with E-state index in [0.29, 0.717) is 29.4 Å². The fourth-order valence-electron chi connectivity index (χ4n) is 2.57. The average molecular weight is 313 g/mol. The average Bonchev–Trinajstić information content (AvgIpc) is 3.02. The molecule has 1 aliphatic rings. The first kappa shape index (κ1) is 15.7. The minimum absolute atomic E-state index is 0.00273. The Morgan fingerprint density at radius 3 is 2.86 bits per heavy atom. The van der Waals surface area contributed by atoms with Gasteiger partial charge < -0.3 is 15.3 Å². The number of nitrogens with one attached hydrogen (secondary N) is 1. The lowest BCUT2D eigenvalue weighted by atomic mass is 9.89. The Hall–Kier alpha value is -1.67. The van der Waals surface area contributed by atoms with Crippen LogP contribution in [0.15, 0.2) is 6.07 Å². The van der Waals surface area contributed by atoms with Crippen molar-refractivity contribution < 1.29 is 14.8 Å².